The van der Waals surface area contributed by atoms with Crippen LogP contribution in [0.2, 0.25) is 0 Å². The molecule has 1 unspecified atom stereocenters. The summed E-state index contributed by atoms with van der Waals surface area (Å²) in [7, 11) is 1.64. The van der Waals surface area contributed by atoms with Crippen molar-refractivity contribution < 1.29 is 9.53 Å². The van der Waals surface area contributed by atoms with Crippen LogP contribution in [-0.4, -0.2) is 13.0 Å². The van der Waals surface area contributed by atoms with E-state index >= 15 is 0 Å². The molecule has 0 bridgehead atoms. The molecule has 3 nitrogen and oxygen atoms in total. The molecule has 0 spiro atoms. The summed E-state index contributed by atoms with van der Waals surface area (Å²) >= 11 is 0. The lowest BCUT2D eigenvalue weighted by Crippen LogP contribution is -2.15. The number of nitrogens with one attached hydrogen (secondary N) is 1. The zero-order valence-corrected chi connectivity index (χ0v) is 11.8. The lowest BCUT2D eigenvalue weighted by atomic mass is 10.1. The minimum absolute atomic E-state index is 0.187. The molecular formula is C17H21NO2. The molecule has 0 radical (unpaired) electrons. The molecule has 1 amide bonds. The number of carbonyl (C=O) groups excluding carboxylic acids is 1. The van der Waals surface area contributed by atoms with E-state index in [1.807, 2.05) is 24.3 Å². The smallest absolute Gasteiger partial charge is 0.228 e. The highest BCUT2D eigenvalue weighted by atomic mass is 16.5. The van der Waals surface area contributed by atoms with Crippen LogP contribution in [0.15, 0.2) is 36.4 Å². The third-order valence-corrected chi connectivity index (χ3v) is 4.49. The minimum Gasteiger partial charge on any atom is -0.497 e. The van der Waals surface area contributed by atoms with Gasteiger partial charge in [-0.05, 0) is 61.8 Å². The van der Waals surface area contributed by atoms with Crippen molar-refractivity contribution in [1.29, 1.82) is 0 Å². The Morgan fingerprint density at radius 2 is 1.70 bits per heavy atom. The molecule has 0 aliphatic heterocycles. The van der Waals surface area contributed by atoms with E-state index in [9.17, 15) is 4.79 Å². The number of hydrogen-bond donors (Lipinski definition) is 1. The maximum atomic E-state index is 12.4. The maximum Gasteiger partial charge on any atom is 0.228 e. The van der Waals surface area contributed by atoms with Crippen molar-refractivity contribution in [1.82, 2.24) is 0 Å². The second-order valence-corrected chi connectivity index (χ2v) is 5.70. The van der Waals surface area contributed by atoms with Crippen molar-refractivity contribution in [3.63, 3.8) is 0 Å². The van der Waals surface area contributed by atoms with E-state index in [1.165, 1.54) is 0 Å². The van der Waals surface area contributed by atoms with Crippen molar-refractivity contribution in [3.8, 4) is 5.75 Å². The van der Waals surface area contributed by atoms with E-state index in [0.717, 1.165) is 37.1 Å². The third-order valence-electron chi connectivity index (χ3n) is 4.49. The van der Waals surface area contributed by atoms with E-state index in [1.54, 1.807) is 7.11 Å². The maximum absolute atomic E-state index is 12.4. The quantitative estimate of drug-likeness (QED) is 0.853. The second kappa shape index (κ2) is 5.70. The number of hydrogen-bond acceptors (Lipinski definition) is 2. The first-order valence-electron chi connectivity index (χ1n) is 7.39. The second-order valence-electron chi connectivity index (χ2n) is 5.70. The molecule has 1 saturated carbocycles. The van der Waals surface area contributed by atoms with Crippen LogP contribution in [0, 0.1) is 17.8 Å². The molecule has 1 aromatic carbocycles. The van der Waals surface area contributed by atoms with Crippen LogP contribution in [-0.2, 0) is 4.79 Å². The molecule has 2 aliphatic carbocycles. The first-order chi connectivity index (χ1) is 9.79. The van der Waals surface area contributed by atoms with E-state index < -0.39 is 0 Å². The summed E-state index contributed by atoms with van der Waals surface area (Å²) in [6.45, 7) is 0. The Balaban J connectivity index is 1.59. The van der Waals surface area contributed by atoms with Gasteiger partial charge in [-0.2, -0.15) is 0 Å². The van der Waals surface area contributed by atoms with Gasteiger partial charge in [0.05, 0.1) is 7.11 Å². The molecule has 3 rings (SSSR count). The normalized spacial score (nSPS) is 27.9. The number of carbonyl (C=O) groups is 1. The predicted molar refractivity (Wildman–Crippen MR) is 79.7 cm³/mol. The van der Waals surface area contributed by atoms with E-state index in [4.69, 9.17) is 4.74 Å². The molecule has 106 valence electrons. The summed E-state index contributed by atoms with van der Waals surface area (Å²) in [4.78, 5) is 12.4. The van der Waals surface area contributed by atoms with Gasteiger partial charge in [-0.3, -0.25) is 4.79 Å². The van der Waals surface area contributed by atoms with Gasteiger partial charge in [0.25, 0.3) is 0 Å². The Bertz CT molecular complexity index is 490. The van der Waals surface area contributed by atoms with Gasteiger partial charge in [-0.25, -0.2) is 0 Å². The zero-order valence-electron chi connectivity index (χ0n) is 11.8. The van der Waals surface area contributed by atoms with Gasteiger partial charge in [0.15, 0.2) is 0 Å². The van der Waals surface area contributed by atoms with Gasteiger partial charge >= 0.3 is 0 Å². The standard InChI is InChI=1S/C17H21NO2/c1-20-13-10-8-12(9-11-13)18-17(19)16-14-6-4-2-3-5-7-15(14)16/h2-3,8-11,14-16H,4-7H2,1H3,(H,18,19)/t14-,15+,16?. The summed E-state index contributed by atoms with van der Waals surface area (Å²) in [5.41, 5.74) is 0.855. The van der Waals surface area contributed by atoms with Crippen LogP contribution in [0.3, 0.4) is 0 Å². The highest BCUT2D eigenvalue weighted by Crippen LogP contribution is 2.53. The summed E-state index contributed by atoms with van der Waals surface area (Å²) in [6, 6.07) is 7.52. The molecule has 0 heterocycles. The number of methoxy groups -OCH3 is 1. The molecule has 20 heavy (non-hydrogen) atoms. The van der Waals surface area contributed by atoms with Gasteiger partial charge < -0.3 is 10.1 Å². The predicted octanol–water partition coefficient (Wildman–Crippen LogP) is 3.63. The average molecular weight is 271 g/mol. The fourth-order valence-corrected chi connectivity index (χ4v) is 3.33. The van der Waals surface area contributed by atoms with E-state index in [-0.39, 0.29) is 11.8 Å². The van der Waals surface area contributed by atoms with Gasteiger partial charge in [0.2, 0.25) is 5.91 Å². The van der Waals surface area contributed by atoms with E-state index in [0.29, 0.717) is 11.8 Å². The van der Waals surface area contributed by atoms with Crippen LogP contribution in [0.25, 0.3) is 0 Å². The zero-order chi connectivity index (χ0) is 13.9. The molecule has 1 fully saturated rings. The van der Waals surface area contributed by atoms with Crippen molar-refractivity contribution in [3.05, 3.63) is 36.4 Å². The van der Waals surface area contributed by atoms with Gasteiger partial charge in [-0.1, -0.05) is 12.2 Å². The topological polar surface area (TPSA) is 38.3 Å². The number of rotatable bonds is 3. The van der Waals surface area contributed by atoms with E-state index in [2.05, 4.69) is 17.5 Å². The van der Waals surface area contributed by atoms with Crippen molar-refractivity contribution in [2.45, 2.75) is 25.7 Å². The van der Waals surface area contributed by atoms with Crippen LogP contribution < -0.4 is 10.1 Å². The van der Waals surface area contributed by atoms with Crippen LogP contribution in [0.4, 0.5) is 5.69 Å². The number of allylic oxidation sites excluding steroid dienone is 2. The summed E-state index contributed by atoms with van der Waals surface area (Å²) in [5.74, 6) is 2.41. The van der Waals surface area contributed by atoms with Crippen LogP contribution >= 0.6 is 0 Å². The summed E-state index contributed by atoms with van der Waals surface area (Å²) in [5, 5.41) is 3.04. The minimum atomic E-state index is 0.187. The van der Waals surface area contributed by atoms with Gasteiger partial charge in [0.1, 0.15) is 5.75 Å². The molecule has 0 aromatic heterocycles. The first-order valence-corrected chi connectivity index (χ1v) is 7.39. The molecule has 3 atom stereocenters. The third kappa shape index (κ3) is 2.72. The highest BCUT2D eigenvalue weighted by molar-refractivity contribution is 5.94. The lowest BCUT2D eigenvalue weighted by molar-refractivity contribution is -0.117. The van der Waals surface area contributed by atoms with Crippen molar-refractivity contribution >= 4 is 11.6 Å². The lowest BCUT2D eigenvalue weighted by Gasteiger charge is -2.06. The largest absolute Gasteiger partial charge is 0.497 e. The fraction of sp³-hybridized carbons (Fsp3) is 0.471. The molecule has 1 N–H and O–H groups in total. The molecule has 1 aromatic rings. The molecule has 3 heteroatoms. The molecule has 2 aliphatic rings. The van der Waals surface area contributed by atoms with Gasteiger partial charge in [0, 0.05) is 11.6 Å². The number of fused-ring (bicyclic) bond motifs is 1. The van der Waals surface area contributed by atoms with Crippen molar-refractivity contribution in [2.24, 2.45) is 17.8 Å². The summed E-state index contributed by atoms with van der Waals surface area (Å²) in [6.07, 6.45) is 9.06. The van der Waals surface area contributed by atoms with Gasteiger partial charge in [-0.15, -0.1) is 0 Å². The average Bonchev–Trinajstić information content (AvgIpc) is 3.11. The SMILES string of the molecule is COc1ccc(NC(=O)C2[C@H]3CCC=CCC[C@@H]23)cc1. The monoisotopic (exact) mass is 271 g/mol. The Hall–Kier alpha value is -1.77. The highest BCUT2D eigenvalue weighted by Gasteiger charge is 2.53. The Morgan fingerprint density at radius 3 is 2.25 bits per heavy atom. The Labute approximate surface area is 120 Å². The number of benzene rings is 1. The van der Waals surface area contributed by atoms with Crippen molar-refractivity contribution in [2.75, 3.05) is 12.4 Å². The summed E-state index contributed by atoms with van der Waals surface area (Å²) < 4.78 is 5.12. The number of ether oxygens (including phenoxy) is 1. The Morgan fingerprint density at radius 1 is 1.10 bits per heavy atom. The number of amides is 1. The Kier molecular flexibility index (Phi) is 3.77. The van der Waals surface area contributed by atoms with Crippen LogP contribution in [0.5, 0.6) is 5.75 Å². The fourth-order valence-electron chi connectivity index (χ4n) is 3.33. The first kappa shape index (κ1) is 13.2. The van der Waals surface area contributed by atoms with Crippen LogP contribution in [0.1, 0.15) is 25.7 Å². The number of anilines is 1. The molecular weight excluding hydrogens is 250 g/mol. The molecule has 0 saturated heterocycles.